The smallest absolute Gasteiger partial charge is 0.338 e. The van der Waals surface area contributed by atoms with Gasteiger partial charge in [-0.3, -0.25) is 19.2 Å². The van der Waals surface area contributed by atoms with Crippen molar-refractivity contribution >= 4 is 35.1 Å². The maximum Gasteiger partial charge on any atom is 0.338 e. The summed E-state index contributed by atoms with van der Waals surface area (Å²) in [6.45, 7) is 7.27. The Bertz CT molecular complexity index is 2070. The minimum absolute atomic E-state index is 0.0947. The molecule has 4 unspecified atom stereocenters. The molecule has 0 bridgehead atoms. The van der Waals surface area contributed by atoms with Crippen LogP contribution in [0.2, 0.25) is 0 Å². The fourth-order valence-electron chi connectivity index (χ4n) is 14.1. The van der Waals surface area contributed by atoms with Crippen molar-refractivity contribution in [3.8, 4) is 0 Å². The predicted molar refractivity (Wildman–Crippen MR) is 220 cm³/mol. The van der Waals surface area contributed by atoms with Crippen molar-refractivity contribution in [3.05, 3.63) is 82.0 Å². The lowest BCUT2D eigenvalue weighted by molar-refractivity contribution is -0.156. The summed E-state index contributed by atoms with van der Waals surface area (Å²) in [5, 5.41) is 24.1. The van der Waals surface area contributed by atoms with Crippen LogP contribution in [0.15, 0.2) is 70.9 Å². The summed E-state index contributed by atoms with van der Waals surface area (Å²) < 4.78 is 10.9. The van der Waals surface area contributed by atoms with Gasteiger partial charge in [-0.05, 0) is 137 Å². The summed E-state index contributed by atoms with van der Waals surface area (Å²) in [6.07, 6.45) is 17.2. The van der Waals surface area contributed by atoms with Gasteiger partial charge >= 0.3 is 11.9 Å². The first-order valence-electron chi connectivity index (χ1n) is 22.2. The van der Waals surface area contributed by atoms with Crippen LogP contribution in [0.4, 0.5) is 0 Å². The second-order valence-corrected chi connectivity index (χ2v) is 20.4. The largest absolute Gasteiger partial charge is 0.454 e. The highest BCUT2D eigenvalue weighted by atomic mass is 16.5. The van der Waals surface area contributed by atoms with E-state index in [-0.39, 0.29) is 70.0 Å². The van der Waals surface area contributed by atoms with E-state index < -0.39 is 58.8 Å². The summed E-state index contributed by atoms with van der Waals surface area (Å²) in [4.78, 5) is 78.2. The van der Waals surface area contributed by atoms with Crippen molar-refractivity contribution in [2.75, 3.05) is 13.2 Å². The second kappa shape index (κ2) is 14.1. The molecule has 10 heteroatoms. The predicted octanol–water partition coefficient (Wildman–Crippen LogP) is 7.50. The van der Waals surface area contributed by atoms with Crippen LogP contribution < -0.4 is 0 Å². The van der Waals surface area contributed by atoms with Gasteiger partial charge in [0.25, 0.3) is 0 Å². The normalized spacial score (nSPS) is 40.2. The number of rotatable bonds is 8. The summed E-state index contributed by atoms with van der Waals surface area (Å²) >= 11 is 0. The third-order valence-electron chi connectivity index (χ3n) is 17.9. The molecule has 318 valence electrons. The average Bonchev–Trinajstić information content (AvgIpc) is 3.68. The molecule has 0 radical (unpaired) electrons. The molecule has 4 saturated carbocycles. The van der Waals surface area contributed by atoms with Gasteiger partial charge < -0.3 is 19.7 Å². The van der Waals surface area contributed by atoms with Crippen LogP contribution in [-0.4, -0.2) is 69.7 Å². The van der Waals surface area contributed by atoms with Gasteiger partial charge in [-0.2, -0.15) is 0 Å². The number of fused-ring (bicyclic) bond motifs is 10. The Labute approximate surface area is 351 Å². The zero-order chi connectivity index (χ0) is 42.6. The summed E-state index contributed by atoms with van der Waals surface area (Å²) in [5.74, 6) is -1.59. The number of benzene rings is 1. The summed E-state index contributed by atoms with van der Waals surface area (Å²) in [7, 11) is 0. The number of hydrogen-bond donors (Lipinski definition) is 2. The van der Waals surface area contributed by atoms with E-state index in [1.165, 1.54) is 46.6 Å². The van der Waals surface area contributed by atoms with E-state index in [4.69, 9.17) is 9.47 Å². The maximum absolute atomic E-state index is 13.8. The number of carbonyl (C=O) groups is 6. The molecule has 2 N–H and O–H groups in total. The number of carbonyl (C=O) groups excluding carboxylic acids is 6. The molecule has 60 heavy (non-hydrogen) atoms. The molecule has 0 heterocycles. The number of allylic oxidation sites excluding steroid dienone is 8. The van der Waals surface area contributed by atoms with Gasteiger partial charge in [0, 0.05) is 34.5 Å². The Morgan fingerprint density at radius 3 is 1.35 bits per heavy atom. The van der Waals surface area contributed by atoms with Crippen LogP contribution in [0.25, 0.3) is 0 Å². The van der Waals surface area contributed by atoms with Gasteiger partial charge in [0.1, 0.15) is 11.2 Å². The van der Waals surface area contributed by atoms with Crippen molar-refractivity contribution in [1.29, 1.82) is 0 Å². The summed E-state index contributed by atoms with van der Waals surface area (Å²) in [5.41, 5.74) is 0.264. The molecule has 8 aliphatic carbocycles. The van der Waals surface area contributed by atoms with E-state index in [2.05, 4.69) is 26.0 Å². The topological polar surface area (TPSA) is 161 Å². The number of ketones is 4. The fourth-order valence-corrected chi connectivity index (χ4v) is 14.1. The molecule has 0 amide bonds. The van der Waals surface area contributed by atoms with E-state index in [1.807, 2.05) is 26.0 Å². The van der Waals surface area contributed by atoms with Crippen LogP contribution >= 0.6 is 0 Å². The fraction of sp³-hybridized carbons (Fsp3) is 0.600. The van der Waals surface area contributed by atoms with Crippen LogP contribution in [0.1, 0.15) is 138 Å². The third kappa shape index (κ3) is 5.85. The zero-order valence-electron chi connectivity index (χ0n) is 35.4. The van der Waals surface area contributed by atoms with Gasteiger partial charge in [0.15, 0.2) is 24.8 Å². The van der Waals surface area contributed by atoms with E-state index in [9.17, 15) is 39.0 Å². The SMILES string of the molecule is CC12CCC(=O)C=C1CC[C@@H]1C2=CCC2(C)[C@H]1CC[C@]2(O)C(=O)COC(=O)c1ccc(C(=O)OCC(=O)[C@@]2(O)CC[C@H]3[C@@H]4CCC5=CC(=O)CCC5(C)C4=CCC32C)cc1. The first kappa shape index (κ1) is 41.1. The molecule has 10 nitrogen and oxygen atoms in total. The molecule has 4 fully saturated rings. The Hall–Kier alpha value is -4.28. The number of esters is 2. The van der Waals surface area contributed by atoms with Crippen molar-refractivity contribution in [1.82, 2.24) is 0 Å². The quantitative estimate of drug-likeness (QED) is 0.199. The molecular weight excluding hydrogens is 761 g/mol. The molecule has 0 spiro atoms. The lowest BCUT2D eigenvalue weighted by atomic mass is 9.50. The zero-order valence-corrected chi connectivity index (χ0v) is 35.4. The molecule has 1 aromatic rings. The lowest BCUT2D eigenvalue weighted by Gasteiger charge is -2.54. The number of ether oxygens (including phenoxy) is 2. The average molecular weight is 819 g/mol. The van der Waals surface area contributed by atoms with Gasteiger partial charge in [0.05, 0.1) is 11.1 Å². The van der Waals surface area contributed by atoms with Crippen LogP contribution in [0.5, 0.6) is 0 Å². The number of hydrogen-bond acceptors (Lipinski definition) is 10. The Morgan fingerprint density at radius 2 is 0.967 bits per heavy atom. The first-order chi connectivity index (χ1) is 28.4. The highest BCUT2D eigenvalue weighted by molar-refractivity contribution is 5.97. The lowest BCUT2D eigenvalue weighted by Crippen LogP contribution is -2.55. The standard InChI is InChI=1S/C50H58O10/c1-45-19-13-33(51)25-31(45)9-11-35-37(45)15-21-47(3)39(35)17-23-49(47,57)41(53)27-59-43(55)29-5-7-30(8-6-29)44(56)60-28-42(54)50(58)24-18-40-36-12-10-32-26-34(52)14-20-46(32,2)38(36)16-22-48(40,50)4/h5-8,15-16,25-26,35-36,39-40,57-58H,9-14,17-24,27-28H2,1-4H3/t35-,36-,39+,40+,45?,46?,47?,48?,49+,50+/m1/s1. The number of aliphatic hydroxyl groups is 2. The molecule has 1 aromatic carbocycles. The van der Waals surface area contributed by atoms with Gasteiger partial charge in [0.2, 0.25) is 11.6 Å². The molecule has 0 saturated heterocycles. The minimum Gasteiger partial charge on any atom is -0.454 e. The first-order valence-corrected chi connectivity index (χ1v) is 22.2. The number of Topliss-reactive ketones (excluding diaryl/α,β-unsaturated/α-hetero) is 2. The minimum atomic E-state index is -1.65. The Balaban J connectivity index is 0.800. The molecule has 8 aliphatic rings. The molecular formula is C50H58O10. The van der Waals surface area contributed by atoms with Crippen molar-refractivity contribution in [2.45, 2.75) is 129 Å². The molecule has 9 rings (SSSR count). The van der Waals surface area contributed by atoms with Gasteiger partial charge in [-0.15, -0.1) is 0 Å². The van der Waals surface area contributed by atoms with Crippen molar-refractivity contribution in [3.63, 3.8) is 0 Å². The van der Waals surface area contributed by atoms with E-state index in [0.717, 1.165) is 38.5 Å². The van der Waals surface area contributed by atoms with E-state index in [1.54, 1.807) is 0 Å². The van der Waals surface area contributed by atoms with Gasteiger partial charge in [-0.1, -0.05) is 62.1 Å². The second-order valence-electron chi connectivity index (χ2n) is 20.4. The van der Waals surface area contributed by atoms with Crippen LogP contribution in [0.3, 0.4) is 0 Å². The van der Waals surface area contributed by atoms with Gasteiger partial charge in [-0.25, -0.2) is 9.59 Å². The Kier molecular flexibility index (Phi) is 9.68. The van der Waals surface area contributed by atoms with E-state index in [0.29, 0.717) is 38.5 Å². The highest BCUT2D eigenvalue weighted by Gasteiger charge is 2.66. The van der Waals surface area contributed by atoms with Crippen LogP contribution in [-0.2, 0) is 28.7 Å². The summed E-state index contributed by atoms with van der Waals surface area (Å²) in [6, 6.07) is 5.56. The maximum atomic E-state index is 13.8. The van der Waals surface area contributed by atoms with E-state index >= 15 is 0 Å². The Morgan fingerprint density at radius 1 is 0.583 bits per heavy atom. The molecule has 0 aromatic heterocycles. The molecule has 10 atom stereocenters. The third-order valence-corrected chi connectivity index (χ3v) is 17.9. The van der Waals surface area contributed by atoms with Crippen molar-refractivity contribution < 1.29 is 48.5 Å². The van der Waals surface area contributed by atoms with Crippen molar-refractivity contribution in [2.24, 2.45) is 45.3 Å². The highest BCUT2D eigenvalue weighted by Crippen LogP contribution is 2.67. The van der Waals surface area contributed by atoms with Crippen LogP contribution in [0, 0.1) is 45.3 Å². The molecule has 0 aliphatic heterocycles. The monoisotopic (exact) mass is 818 g/mol.